The first-order valence-corrected chi connectivity index (χ1v) is 12.6. The maximum atomic E-state index is 13.4. The smallest absolute Gasteiger partial charge is 0.490 e. The molecule has 216 valence electrons. The number of amides is 1. The maximum absolute atomic E-state index is 13.4. The van der Waals surface area contributed by atoms with Gasteiger partial charge in [-0.05, 0) is 41.5 Å². The highest BCUT2D eigenvalue weighted by atomic mass is 19.4. The predicted octanol–water partition coefficient (Wildman–Crippen LogP) is 4.22. The molecule has 0 radical (unpaired) electrons. The zero-order valence-corrected chi connectivity index (χ0v) is 22.3. The first-order valence-electron chi connectivity index (χ1n) is 12.6. The van der Waals surface area contributed by atoms with E-state index in [0.717, 1.165) is 27.5 Å². The summed E-state index contributed by atoms with van der Waals surface area (Å²) in [5, 5.41) is 30.0. The number of carbonyl (C=O) groups is 2. The molecular formula is C30H27F3N5O4+. The molecule has 0 unspecified atom stereocenters. The Balaban J connectivity index is 0.000000517. The molecule has 0 saturated heterocycles. The number of hydrogen-bond donors (Lipinski definition) is 5. The van der Waals surface area contributed by atoms with Crippen LogP contribution in [0.5, 0.6) is 5.75 Å². The van der Waals surface area contributed by atoms with Crippen LogP contribution in [-0.2, 0) is 24.9 Å². The molecule has 0 bridgehead atoms. The van der Waals surface area contributed by atoms with Crippen LogP contribution in [0.25, 0.3) is 21.8 Å². The number of para-hydroxylation sites is 1. The maximum Gasteiger partial charge on any atom is 0.490 e. The number of aromatic hydroxyl groups is 1. The van der Waals surface area contributed by atoms with E-state index in [-0.39, 0.29) is 17.5 Å². The number of nitrogens with zero attached hydrogens (tertiary/aromatic N) is 2. The summed E-state index contributed by atoms with van der Waals surface area (Å²) in [6.45, 7) is 0.758. The number of fused-ring (bicyclic) bond motifs is 2. The fraction of sp³-hybridized carbons (Fsp3) is 0.133. The number of nitrogens with two attached hydrogens (primary N) is 1. The lowest BCUT2D eigenvalue weighted by molar-refractivity contribution is -0.644. The number of alkyl halides is 3. The number of phenols is 1. The second kappa shape index (κ2) is 12.0. The number of nitrogen functional groups attached to an aromatic ring is 1. The van der Waals surface area contributed by atoms with Crippen molar-refractivity contribution in [3.63, 3.8) is 0 Å². The predicted molar refractivity (Wildman–Crippen MR) is 150 cm³/mol. The van der Waals surface area contributed by atoms with Gasteiger partial charge in [0.1, 0.15) is 24.3 Å². The average molecular weight is 579 g/mol. The van der Waals surface area contributed by atoms with Crippen molar-refractivity contribution in [1.29, 1.82) is 5.41 Å². The second-order valence-corrected chi connectivity index (χ2v) is 9.39. The summed E-state index contributed by atoms with van der Waals surface area (Å²) in [7, 11) is 2.00. The molecule has 9 nitrogen and oxygen atoms in total. The Labute approximate surface area is 237 Å². The largest absolute Gasteiger partial charge is 0.507 e. The van der Waals surface area contributed by atoms with Crippen LogP contribution >= 0.6 is 0 Å². The van der Waals surface area contributed by atoms with Gasteiger partial charge in [0.15, 0.2) is 6.20 Å². The summed E-state index contributed by atoms with van der Waals surface area (Å²) in [4.78, 5) is 22.3. The Hall–Kier alpha value is -5.39. The van der Waals surface area contributed by atoms with E-state index in [9.17, 15) is 23.1 Å². The van der Waals surface area contributed by atoms with Crippen LogP contribution in [0.1, 0.15) is 27.2 Å². The van der Waals surface area contributed by atoms with Gasteiger partial charge in [0.2, 0.25) is 5.52 Å². The van der Waals surface area contributed by atoms with Crippen molar-refractivity contribution in [2.45, 2.75) is 19.3 Å². The molecule has 5 aromatic rings. The SMILES string of the molecule is C[n+]1ccc(CNC(=O)c2cc3c(O)cccc3n2Cc2cccc(C(=N)N)c2)c2ccccc21.O=C(O)C(F)(F)F. The van der Waals surface area contributed by atoms with Crippen LogP contribution in [-0.4, -0.2) is 38.7 Å². The third kappa shape index (κ3) is 6.49. The number of carboxylic acids is 1. The standard InChI is InChI=1S/C28H25N5O2.C2HF3O2/c1-32-13-12-20(21-8-2-3-9-23(21)32)16-31-28(35)25-15-22-24(10-5-11-26(22)34)33(25)17-18-6-4-7-19(14-18)27(29)30;3-2(4,5)1(6)7/h2-15H,16-17H2,1H3,(H4-,29,30,31,34,35);(H,6,7)/p+1. The lowest BCUT2D eigenvalue weighted by Gasteiger charge is -2.13. The number of amidine groups is 1. The number of aromatic nitrogens is 2. The molecule has 0 fully saturated rings. The fourth-order valence-corrected chi connectivity index (χ4v) is 4.49. The molecule has 0 spiro atoms. The summed E-state index contributed by atoms with van der Waals surface area (Å²) in [6, 6.07) is 24.5. The summed E-state index contributed by atoms with van der Waals surface area (Å²) < 4.78 is 35.7. The Morgan fingerprint density at radius 1 is 1.00 bits per heavy atom. The van der Waals surface area contributed by atoms with Crippen molar-refractivity contribution in [2.75, 3.05) is 0 Å². The number of carbonyl (C=O) groups excluding carboxylic acids is 1. The number of hydrogen-bond acceptors (Lipinski definition) is 4. The van der Waals surface area contributed by atoms with E-state index in [2.05, 4.69) is 16.0 Å². The number of aryl methyl sites for hydroxylation is 1. The molecule has 2 aromatic heterocycles. The van der Waals surface area contributed by atoms with Crippen LogP contribution in [0.3, 0.4) is 0 Å². The van der Waals surface area contributed by atoms with E-state index in [1.807, 2.05) is 66.3 Å². The van der Waals surface area contributed by atoms with Crippen molar-refractivity contribution in [3.05, 3.63) is 107 Å². The number of rotatable bonds is 6. The van der Waals surface area contributed by atoms with Crippen LogP contribution in [0.4, 0.5) is 13.2 Å². The first-order chi connectivity index (χ1) is 19.9. The third-order valence-electron chi connectivity index (χ3n) is 6.55. The van der Waals surface area contributed by atoms with Crippen LogP contribution in [0, 0.1) is 5.41 Å². The van der Waals surface area contributed by atoms with Gasteiger partial charge in [0, 0.05) is 36.2 Å². The summed E-state index contributed by atoms with van der Waals surface area (Å²) in [6.07, 6.45) is -3.10. The van der Waals surface area contributed by atoms with Gasteiger partial charge in [-0.2, -0.15) is 13.2 Å². The minimum Gasteiger partial charge on any atom is -0.507 e. The fourth-order valence-electron chi connectivity index (χ4n) is 4.49. The minimum atomic E-state index is -5.08. The van der Waals surface area contributed by atoms with Gasteiger partial charge < -0.3 is 25.8 Å². The number of aliphatic carboxylic acids is 1. The number of pyridine rings is 1. The normalized spacial score (nSPS) is 11.1. The highest BCUT2D eigenvalue weighted by molar-refractivity contribution is 6.00. The minimum absolute atomic E-state index is 0.0108. The lowest BCUT2D eigenvalue weighted by atomic mass is 10.1. The molecule has 0 aliphatic heterocycles. The van der Waals surface area contributed by atoms with Gasteiger partial charge in [-0.25, -0.2) is 9.36 Å². The van der Waals surface area contributed by atoms with Crippen LogP contribution in [0.2, 0.25) is 0 Å². The summed E-state index contributed by atoms with van der Waals surface area (Å²) >= 11 is 0. The van der Waals surface area contributed by atoms with Crippen molar-refractivity contribution >= 4 is 39.5 Å². The van der Waals surface area contributed by atoms with E-state index in [1.54, 1.807) is 24.3 Å². The van der Waals surface area contributed by atoms with Gasteiger partial charge in [-0.1, -0.05) is 36.4 Å². The Kier molecular flexibility index (Phi) is 8.46. The molecule has 12 heteroatoms. The molecule has 0 aliphatic rings. The third-order valence-corrected chi connectivity index (χ3v) is 6.55. The van der Waals surface area contributed by atoms with Crippen LogP contribution in [0.15, 0.2) is 85.1 Å². The number of phenolic OH excluding ortho intramolecular Hbond substituents is 1. The average Bonchev–Trinajstić information content (AvgIpc) is 3.32. The van der Waals surface area contributed by atoms with E-state index in [4.69, 9.17) is 21.0 Å². The molecule has 2 heterocycles. The highest BCUT2D eigenvalue weighted by Crippen LogP contribution is 2.29. The molecule has 6 N–H and O–H groups in total. The van der Waals surface area contributed by atoms with Gasteiger partial charge in [0.25, 0.3) is 5.91 Å². The Morgan fingerprint density at radius 3 is 2.38 bits per heavy atom. The Bertz CT molecular complexity index is 1810. The molecule has 0 saturated carbocycles. The zero-order valence-electron chi connectivity index (χ0n) is 22.3. The first kappa shape index (κ1) is 29.6. The van der Waals surface area contributed by atoms with E-state index >= 15 is 0 Å². The van der Waals surface area contributed by atoms with Gasteiger partial charge in [-0.15, -0.1) is 0 Å². The highest BCUT2D eigenvalue weighted by Gasteiger charge is 2.38. The van der Waals surface area contributed by atoms with Crippen molar-refractivity contribution < 1.29 is 37.5 Å². The van der Waals surface area contributed by atoms with Gasteiger partial charge in [-0.3, -0.25) is 10.2 Å². The van der Waals surface area contributed by atoms with Gasteiger partial charge >= 0.3 is 12.1 Å². The van der Waals surface area contributed by atoms with Crippen molar-refractivity contribution in [2.24, 2.45) is 12.8 Å². The number of nitrogens with one attached hydrogen (secondary N) is 2. The van der Waals surface area contributed by atoms with E-state index < -0.39 is 12.1 Å². The monoisotopic (exact) mass is 578 g/mol. The molecule has 42 heavy (non-hydrogen) atoms. The Morgan fingerprint density at radius 2 is 1.69 bits per heavy atom. The quantitative estimate of drug-likeness (QED) is 0.116. The number of benzene rings is 3. The van der Waals surface area contributed by atoms with Crippen LogP contribution < -0.4 is 15.6 Å². The zero-order chi connectivity index (χ0) is 30.6. The number of carboxylic acid groups (broad SMARTS) is 1. The molecule has 0 aliphatic carbocycles. The molecular weight excluding hydrogens is 551 g/mol. The van der Waals surface area contributed by atoms with Crippen molar-refractivity contribution in [3.8, 4) is 5.75 Å². The molecule has 5 rings (SSSR count). The number of halogens is 3. The summed E-state index contributed by atoms with van der Waals surface area (Å²) in [5.74, 6) is -2.88. The topological polar surface area (TPSA) is 145 Å². The molecule has 0 atom stereocenters. The second-order valence-electron chi connectivity index (χ2n) is 9.39. The van der Waals surface area contributed by atoms with Gasteiger partial charge in [0.05, 0.1) is 10.9 Å². The molecule has 1 amide bonds. The van der Waals surface area contributed by atoms with E-state index in [1.165, 1.54) is 0 Å². The molecule has 3 aromatic carbocycles. The lowest BCUT2D eigenvalue weighted by Crippen LogP contribution is -2.30. The van der Waals surface area contributed by atoms with E-state index in [0.29, 0.717) is 29.7 Å². The van der Waals surface area contributed by atoms with Crippen molar-refractivity contribution in [1.82, 2.24) is 9.88 Å². The summed E-state index contributed by atoms with van der Waals surface area (Å²) in [5.41, 5.74) is 10.5.